The Labute approximate surface area is 111 Å². The fourth-order valence-electron chi connectivity index (χ4n) is 1.58. The highest BCUT2D eigenvalue weighted by Gasteiger charge is 2.17. The summed E-state index contributed by atoms with van der Waals surface area (Å²) in [4.78, 5) is 16.2. The van der Waals surface area contributed by atoms with E-state index in [0.717, 1.165) is 6.42 Å². The number of nitrogens with zero attached hydrogens (tertiary/aromatic N) is 2. The number of hydrogen-bond acceptors (Lipinski definition) is 5. The molecule has 1 aromatic heterocycles. The predicted molar refractivity (Wildman–Crippen MR) is 70.7 cm³/mol. The number of nitriles is 1. The van der Waals surface area contributed by atoms with E-state index in [2.05, 4.69) is 11.1 Å². The monoisotopic (exact) mass is 264 g/mol. The standard InChI is InChI=1S/C13H16N2O2S/c1-4-6-11-10(13(16)17-5-2)7-9(8-14)12(15-11)18-3/h7H,4-6H2,1-3H3. The lowest BCUT2D eigenvalue weighted by Crippen LogP contribution is -2.11. The number of thioether (sulfide) groups is 1. The summed E-state index contributed by atoms with van der Waals surface area (Å²) in [5.74, 6) is -0.405. The van der Waals surface area contributed by atoms with Crippen LogP contribution in [0.15, 0.2) is 11.1 Å². The quantitative estimate of drug-likeness (QED) is 0.604. The first-order valence-electron chi connectivity index (χ1n) is 5.83. The van der Waals surface area contributed by atoms with E-state index in [0.29, 0.717) is 34.9 Å². The van der Waals surface area contributed by atoms with Crippen molar-refractivity contribution in [3.63, 3.8) is 0 Å². The highest BCUT2D eigenvalue weighted by molar-refractivity contribution is 7.98. The van der Waals surface area contributed by atoms with E-state index in [9.17, 15) is 4.79 Å². The molecule has 0 aliphatic heterocycles. The van der Waals surface area contributed by atoms with Crippen LogP contribution >= 0.6 is 11.8 Å². The molecule has 4 nitrogen and oxygen atoms in total. The van der Waals surface area contributed by atoms with Crippen molar-refractivity contribution in [2.24, 2.45) is 0 Å². The molecule has 96 valence electrons. The third-order valence-electron chi connectivity index (χ3n) is 2.36. The van der Waals surface area contributed by atoms with Gasteiger partial charge in [-0.15, -0.1) is 11.8 Å². The van der Waals surface area contributed by atoms with Gasteiger partial charge in [-0.3, -0.25) is 0 Å². The zero-order valence-corrected chi connectivity index (χ0v) is 11.6. The van der Waals surface area contributed by atoms with Crippen molar-refractivity contribution >= 4 is 17.7 Å². The van der Waals surface area contributed by atoms with Crippen LogP contribution in [0.25, 0.3) is 0 Å². The molecule has 1 rings (SSSR count). The zero-order valence-electron chi connectivity index (χ0n) is 10.8. The molecule has 0 aliphatic carbocycles. The molecule has 5 heteroatoms. The lowest BCUT2D eigenvalue weighted by atomic mass is 10.1. The van der Waals surface area contributed by atoms with Crippen LogP contribution in [-0.2, 0) is 11.2 Å². The number of esters is 1. The summed E-state index contributed by atoms with van der Waals surface area (Å²) in [6, 6.07) is 3.65. The first-order valence-corrected chi connectivity index (χ1v) is 7.05. The predicted octanol–water partition coefficient (Wildman–Crippen LogP) is 2.80. The maximum Gasteiger partial charge on any atom is 0.340 e. The van der Waals surface area contributed by atoms with Crippen LogP contribution in [0.4, 0.5) is 0 Å². The van der Waals surface area contributed by atoms with Gasteiger partial charge in [-0.2, -0.15) is 5.26 Å². The molecule has 0 N–H and O–H groups in total. The Morgan fingerprint density at radius 3 is 2.78 bits per heavy atom. The van der Waals surface area contributed by atoms with Gasteiger partial charge < -0.3 is 4.74 Å². The first-order chi connectivity index (χ1) is 8.67. The molecule has 18 heavy (non-hydrogen) atoms. The third kappa shape index (κ3) is 3.23. The van der Waals surface area contributed by atoms with Gasteiger partial charge in [-0.1, -0.05) is 13.3 Å². The second-order valence-electron chi connectivity index (χ2n) is 3.62. The molecule has 0 radical (unpaired) electrons. The van der Waals surface area contributed by atoms with Crippen LogP contribution in [0, 0.1) is 11.3 Å². The Kier molecular flexibility index (Phi) is 5.66. The highest BCUT2D eigenvalue weighted by atomic mass is 32.2. The Hall–Kier alpha value is -1.54. The molecule has 1 aromatic rings. The highest BCUT2D eigenvalue weighted by Crippen LogP contribution is 2.22. The molecule has 0 atom stereocenters. The minimum Gasteiger partial charge on any atom is -0.462 e. The normalized spacial score (nSPS) is 9.89. The van der Waals surface area contributed by atoms with Gasteiger partial charge in [-0.05, 0) is 25.7 Å². The molecule has 0 saturated heterocycles. The minimum absolute atomic E-state index is 0.316. The molecule has 0 unspecified atom stereocenters. The van der Waals surface area contributed by atoms with Crippen LogP contribution in [0.2, 0.25) is 0 Å². The summed E-state index contributed by atoms with van der Waals surface area (Å²) in [6.07, 6.45) is 3.45. The van der Waals surface area contributed by atoms with Gasteiger partial charge in [0, 0.05) is 0 Å². The van der Waals surface area contributed by atoms with Gasteiger partial charge in [0.05, 0.1) is 23.4 Å². The molecular formula is C13H16N2O2S. The maximum absolute atomic E-state index is 11.8. The number of rotatable bonds is 5. The van der Waals surface area contributed by atoms with E-state index in [1.54, 1.807) is 13.0 Å². The molecular weight excluding hydrogens is 248 g/mol. The van der Waals surface area contributed by atoms with Crippen LogP contribution in [0.1, 0.15) is 41.9 Å². The van der Waals surface area contributed by atoms with Gasteiger partial charge in [0.25, 0.3) is 0 Å². The fourth-order valence-corrected chi connectivity index (χ4v) is 2.11. The Morgan fingerprint density at radius 1 is 1.56 bits per heavy atom. The van der Waals surface area contributed by atoms with Crippen LogP contribution in [-0.4, -0.2) is 23.8 Å². The summed E-state index contributed by atoms with van der Waals surface area (Å²) in [5, 5.41) is 9.71. The summed E-state index contributed by atoms with van der Waals surface area (Å²) >= 11 is 1.41. The summed E-state index contributed by atoms with van der Waals surface area (Å²) in [7, 11) is 0. The summed E-state index contributed by atoms with van der Waals surface area (Å²) in [6.45, 7) is 4.09. The van der Waals surface area contributed by atoms with Crippen molar-refractivity contribution in [1.29, 1.82) is 5.26 Å². The number of aromatic nitrogens is 1. The zero-order chi connectivity index (χ0) is 13.5. The van der Waals surface area contributed by atoms with Crippen molar-refractivity contribution in [3.8, 4) is 6.07 Å². The van der Waals surface area contributed by atoms with Gasteiger partial charge in [0.1, 0.15) is 11.1 Å². The second kappa shape index (κ2) is 7.02. The Morgan fingerprint density at radius 2 is 2.28 bits per heavy atom. The van der Waals surface area contributed by atoms with Crippen molar-refractivity contribution in [3.05, 3.63) is 22.9 Å². The third-order valence-corrected chi connectivity index (χ3v) is 3.06. The molecule has 0 aromatic carbocycles. The molecule has 0 fully saturated rings. The lowest BCUT2D eigenvalue weighted by molar-refractivity contribution is 0.0524. The number of pyridine rings is 1. The second-order valence-corrected chi connectivity index (χ2v) is 4.42. The van der Waals surface area contributed by atoms with E-state index in [1.165, 1.54) is 11.8 Å². The first kappa shape index (κ1) is 14.5. The molecule has 0 bridgehead atoms. The lowest BCUT2D eigenvalue weighted by Gasteiger charge is -2.10. The molecule has 0 amide bonds. The van der Waals surface area contributed by atoms with Crippen molar-refractivity contribution in [2.45, 2.75) is 31.7 Å². The molecule has 0 aliphatic rings. The number of ether oxygens (including phenoxy) is 1. The fraction of sp³-hybridized carbons (Fsp3) is 0.462. The maximum atomic E-state index is 11.8. The van der Waals surface area contributed by atoms with E-state index in [1.807, 2.05) is 13.2 Å². The van der Waals surface area contributed by atoms with Gasteiger partial charge in [0.2, 0.25) is 0 Å². The number of carbonyl (C=O) groups is 1. The van der Waals surface area contributed by atoms with E-state index < -0.39 is 5.97 Å². The molecule has 0 spiro atoms. The van der Waals surface area contributed by atoms with E-state index >= 15 is 0 Å². The smallest absolute Gasteiger partial charge is 0.340 e. The summed E-state index contributed by atoms with van der Waals surface area (Å²) in [5.41, 5.74) is 1.54. The Bertz CT molecular complexity index is 481. The van der Waals surface area contributed by atoms with Gasteiger partial charge in [0.15, 0.2) is 0 Å². The number of hydrogen-bond donors (Lipinski definition) is 0. The van der Waals surface area contributed by atoms with E-state index in [-0.39, 0.29) is 0 Å². The van der Waals surface area contributed by atoms with Crippen LogP contribution < -0.4 is 0 Å². The van der Waals surface area contributed by atoms with Crippen LogP contribution in [0.3, 0.4) is 0 Å². The van der Waals surface area contributed by atoms with Crippen molar-refractivity contribution < 1.29 is 9.53 Å². The largest absolute Gasteiger partial charge is 0.462 e. The molecule has 1 heterocycles. The average Bonchev–Trinajstić information content (AvgIpc) is 2.38. The minimum atomic E-state index is -0.405. The van der Waals surface area contributed by atoms with Gasteiger partial charge >= 0.3 is 5.97 Å². The number of carbonyl (C=O) groups excluding carboxylic acids is 1. The SMILES string of the molecule is CCCc1nc(SC)c(C#N)cc1C(=O)OCC. The van der Waals surface area contributed by atoms with Crippen molar-refractivity contribution in [1.82, 2.24) is 4.98 Å². The average molecular weight is 264 g/mol. The Balaban J connectivity index is 3.29. The molecule has 0 saturated carbocycles. The topological polar surface area (TPSA) is 63.0 Å². The van der Waals surface area contributed by atoms with E-state index in [4.69, 9.17) is 10.00 Å². The summed E-state index contributed by atoms with van der Waals surface area (Å²) < 4.78 is 4.99. The van der Waals surface area contributed by atoms with Gasteiger partial charge in [-0.25, -0.2) is 9.78 Å². The van der Waals surface area contributed by atoms with Crippen LogP contribution in [0.5, 0.6) is 0 Å². The van der Waals surface area contributed by atoms with Crippen molar-refractivity contribution in [2.75, 3.05) is 12.9 Å². The number of aryl methyl sites for hydroxylation is 1.